The van der Waals surface area contributed by atoms with E-state index >= 15 is 0 Å². The van der Waals surface area contributed by atoms with Crippen molar-refractivity contribution in [1.82, 2.24) is 0 Å². The average Bonchev–Trinajstić information content (AvgIpc) is 2.46. The van der Waals surface area contributed by atoms with E-state index in [-0.39, 0.29) is 5.91 Å². The van der Waals surface area contributed by atoms with Crippen LogP contribution in [0.15, 0.2) is 53.5 Å². The van der Waals surface area contributed by atoms with Crippen molar-refractivity contribution in [1.29, 1.82) is 0 Å². The first-order valence-electron chi connectivity index (χ1n) is 6.51. The minimum absolute atomic E-state index is 0.269. The second-order valence-corrected chi connectivity index (χ2v) is 5.27. The highest BCUT2D eigenvalue weighted by Gasteiger charge is 2.05. The van der Waals surface area contributed by atoms with Crippen LogP contribution in [0.5, 0.6) is 0 Å². The number of hydrogen-bond donors (Lipinski definition) is 0. The Kier molecular flexibility index (Phi) is 4.70. The van der Waals surface area contributed by atoms with Gasteiger partial charge in [-0.25, -0.2) is 4.99 Å². The third-order valence-corrected chi connectivity index (χ3v) is 3.36. The minimum Gasteiger partial charge on any atom is -0.267 e. The molecule has 0 spiro atoms. The molecule has 0 aromatic heterocycles. The monoisotopic (exact) mass is 285 g/mol. The van der Waals surface area contributed by atoms with Gasteiger partial charge in [0.05, 0.1) is 0 Å². The molecule has 2 nitrogen and oxygen atoms in total. The van der Waals surface area contributed by atoms with Crippen LogP contribution in [0.25, 0.3) is 0 Å². The summed E-state index contributed by atoms with van der Waals surface area (Å²) in [6, 6.07) is 14.8. The van der Waals surface area contributed by atoms with E-state index in [0.29, 0.717) is 16.5 Å². The molecule has 0 aliphatic carbocycles. The zero-order valence-electron chi connectivity index (χ0n) is 11.5. The quantitative estimate of drug-likeness (QED) is 0.750. The minimum atomic E-state index is -0.269. The summed E-state index contributed by atoms with van der Waals surface area (Å²) in [6.45, 7) is 4.22. The van der Waals surface area contributed by atoms with Crippen molar-refractivity contribution >= 4 is 23.7 Å². The number of aliphatic imine (C=N–C) groups is 1. The largest absolute Gasteiger partial charge is 0.276 e. The van der Waals surface area contributed by atoms with Crippen LogP contribution >= 0.6 is 11.6 Å². The molecule has 0 N–H and O–H groups in total. The van der Waals surface area contributed by atoms with Gasteiger partial charge in [-0.2, -0.15) is 0 Å². The summed E-state index contributed by atoms with van der Waals surface area (Å²) < 4.78 is 0. The third-order valence-electron chi connectivity index (χ3n) is 3.03. The van der Waals surface area contributed by atoms with Gasteiger partial charge in [-0.3, -0.25) is 4.79 Å². The molecule has 0 unspecified atom stereocenters. The summed E-state index contributed by atoms with van der Waals surface area (Å²) in [5.41, 5.74) is 2.49. The number of halogens is 1. The number of hydrogen-bond acceptors (Lipinski definition) is 1. The van der Waals surface area contributed by atoms with Crippen molar-refractivity contribution in [2.45, 2.75) is 19.8 Å². The Balaban J connectivity index is 2.18. The first-order valence-corrected chi connectivity index (χ1v) is 6.88. The first kappa shape index (κ1) is 14.5. The molecule has 0 saturated heterocycles. The zero-order valence-corrected chi connectivity index (χ0v) is 12.3. The SMILES string of the molecule is CC(C)c1ccc(/C=N\C(=O)c2ccccc2)c(Cl)c1. The smallest absolute Gasteiger partial charge is 0.267 e. The summed E-state index contributed by atoms with van der Waals surface area (Å²) >= 11 is 6.20. The zero-order chi connectivity index (χ0) is 14.5. The van der Waals surface area contributed by atoms with Crippen molar-refractivity contribution in [3.05, 3.63) is 70.2 Å². The van der Waals surface area contributed by atoms with Gasteiger partial charge < -0.3 is 0 Å². The van der Waals surface area contributed by atoms with Crippen LogP contribution in [0.1, 0.15) is 41.3 Å². The van der Waals surface area contributed by atoms with Crippen molar-refractivity contribution in [3.63, 3.8) is 0 Å². The van der Waals surface area contributed by atoms with Gasteiger partial charge in [0.2, 0.25) is 0 Å². The summed E-state index contributed by atoms with van der Waals surface area (Å²) in [5.74, 6) is 0.152. The van der Waals surface area contributed by atoms with Gasteiger partial charge in [-0.05, 0) is 29.7 Å². The molecule has 3 heteroatoms. The predicted octanol–water partition coefficient (Wildman–Crippen LogP) is 4.72. The Morgan fingerprint density at radius 3 is 2.45 bits per heavy atom. The molecule has 2 aromatic carbocycles. The van der Waals surface area contributed by atoms with Crippen LogP contribution in [0.3, 0.4) is 0 Å². The maximum atomic E-state index is 11.9. The van der Waals surface area contributed by atoms with Crippen LogP contribution in [-0.2, 0) is 0 Å². The number of carbonyl (C=O) groups excluding carboxylic acids is 1. The fourth-order valence-electron chi connectivity index (χ4n) is 1.79. The summed E-state index contributed by atoms with van der Waals surface area (Å²) in [7, 11) is 0. The Morgan fingerprint density at radius 2 is 1.85 bits per heavy atom. The van der Waals surface area contributed by atoms with E-state index in [0.717, 1.165) is 5.56 Å². The van der Waals surface area contributed by atoms with E-state index in [9.17, 15) is 4.79 Å². The molecule has 0 atom stereocenters. The Hall–Kier alpha value is -1.93. The summed E-state index contributed by atoms with van der Waals surface area (Å²) in [4.78, 5) is 15.8. The predicted molar refractivity (Wildman–Crippen MR) is 83.9 cm³/mol. The van der Waals surface area contributed by atoms with Gasteiger partial charge in [0, 0.05) is 22.4 Å². The van der Waals surface area contributed by atoms with E-state index in [1.165, 1.54) is 11.8 Å². The normalized spacial score (nSPS) is 11.2. The van der Waals surface area contributed by atoms with E-state index < -0.39 is 0 Å². The lowest BCUT2D eigenvalue weighted by Crippen LogP contribution is -1.96. The summed E-state index contributed by atoms with van der Waals surface area (Å²) in [5, 5.41) is 0.612. The van der Waals surface area contributed by atoms with Gasteiger partial charge in [0.15, 0.2) is 0 Å². The maximum Gasteiger partial charge on any atom is 0.276 e. The van der Waals surface area contributed by atoms with E-state index in [4.69, 9.17) is 11.6 Å². The molecule has 1 amide bonds. The fourth-order valence-corrected chi connectivity index (χ4v) is 2.03. The van der Waals surface area contributed by atoms with Gasteiger partial charge in [0.25, 0.3) is 5.91 Å². The van der Waals surface area contributed by atoms with Crippen molar-refractivity contribution < 1.29 is 4.79 Å². The molecule has 0 aliphatic heterocycles. The number of rotatable bonds is 3. The molecule has 102 valence electrons. The fraction of sp³-hybridized carbons (Fsp3) is 0.176. The highest BCUT2D eigenvalue weighted by atomic mass is 35.5. The highest BCUT2D eigenvalue weighted by Crippen LogP contribution is 2.21. The van der Waals surface area contributed by atoms with Crippen LogP contribution in [0, 0.1) is 0 Å². The molecule has 0 heterocycles. The second kappa shape index (κ2) is 6.49. The van der Waals surface area contributed by atoms with Gasteiger partial charge in [0.1, 0.15) is 0 Å². The number of benzene rings is 2. The van der Waals surface area contributed by atoms with Crippen LogP contribution < -0.4 is 0 Å². The average molecular weight is 286 g/mol. The van der Waals surface area contributed by atoms with Crippen molar-refractivity contribution in [2.75, 3.05) is 0 Å². The molecule has 2 rings (SSSR count). The molecule has 0 aliphatic rings. The number of nitrogens with zero attached hydrogens (tertiary/aromatic N) is 1. The number of carbonyl (C=O) groups is 1. The van der Waals surface area contributed by atoms with Crippen LogP contribution in [0.2, 0.25) is 5.02 Å². The molecule has 0 saturated carbocycles. The summed E-state index contributed by atoms with van der Waals surface area (Å²) in [6.07, 6.45) is 1.52. The second-order valence-electron chi connectivity index (χ2n) is 4.87. The first-order chi connectivity index (χ1) is 9.58. The lowest BCUT2D eigenvalue weighted by Gasteiger charge is -2.06. The molecule has 0 radical (unpaired) electrons. The highest BCUT2D eigenvalue weighted by molar-refractivity contribution is 6.33. The van der Waals surface area contributed by atoms with Gasteiger partial charge in [-0.1, -0.05) is 55.8 Å². The lowest BCUT2D eigenvalue weighted by molar-refractivity contribution is 0.100. The van der Waals surface area contributed by atoms with E-state index in [1.54, 1.807) is 12.1 Å². The third kappa shape index (κ3) is 3.55. The maximum absolute atomic E-state index is 11.9. The van der Waals surface area contributed by atoms with Crippen molar-refractivity contribution in [2.24, 2.45) is 4.99 Å². The van der Waals surface area contributed by atoms with E-state index in [2.05, 4.69) is 18.8 Å². The van der Waals surface area contributed by atoms with Gasteiger partial charge >= 0.3 is 0 Å². The molecular formula is C17H16ClNO. The molecule has 0 bridgehead atoms. The molecule has 20 heavy (non-hydrogen) atoms. The Bertz CT molecular complexity index is 633. The van der Waals surface area contributed by atoms with Crippen LogP contribution in [-0.4, -0.2) is 12.1 Å². The lowest BCUT2D eigenvalue weighted by atomic mass is 10.0. The van der Waals surface area contributed by atoms with Gasteiger partial charge in [-0.15, -0.1) is 0 Å². The van der Waals surface area contributed by atoms with E-state index in [1.807, 2.05) is 36.4 Å². The molecule has 0 fully saturated rings. The molecule has 2 aromatic rings. The standard InChI is InChI=1S/C17H16ClNO/c1-12(2)14-8-9-15(16(18)10-14)11-19-17(20)13-6-4-3-5-7-13/h3-12H,1-2H3/b19-11-. The topological polar surface area (TPSA) is 29.4 Å². The van der Waals surface area contributed by atoms with Crippen LogP contribution in [0.4, 0.5) is 0 Å². The Labute approximate surface area is 124 Å². The number of amides is 1. The molecular weight excluding hydrogens is 270 g/mol. The Morgan fingerprint density at radius 1 is 1.15 bits per heavy atom. The van der Waals surface area contributed by atoms with Crippen molar-refractivity contribution in [3.8, 4) is 0 Å².